The molecule has 0 spiro atoms. The predicted molar refractivity (Wildman–Crippen MR) is 79.2 cm³/mol. The lowest BCUT2D eigenvalue weighted by atomic mass is 9.91. The van der Waals surface area contributed by atoms with Crippen molar-refractivity contribution in [2.24, 2.45) is 13.0 Å². The summed E-state index contributed by atoms with van der Waals surface area (Å²) in [5.74, 6) is 0.762. The molecule has 0 bridgehead atoms. The number of aromatic nitrogens is 2. The highest BCUT2D eigenvalue weighted by Crippen LogP contribution is 2.22. The number of hydrogen-bond acceptors (Lipinski definition) is 3. The first-order valence-electron chi connectivity index (χ1n) is 7.42. The van der Waals surface area contributed by atoms with E-state index in [9.17, 15) is 0 Å². The molecule has 2 heterocycles. The van der Waals surface area contributed by atoms with E-state index in [-0.39, 0.29) is 0 Å². The zero-order valence-corrected chi connectivity index (χ0v) is 13.0. The van der Waals surface area contributed by atoms with Crippen molar-refractivity contribution >= 4 is 0 Å². The van der Waals surface area contributed by atoms with E-state index in [1.54, 1.807) is 0 Å². The summed E-state index contributed by atoms with van der Waals surface area (Å²) in [6, 6.07) is 0.924. The zero-order chi connectivity index (χ0) is 14.0. The van der Waals surface area contributed by atoms with Gasteiger partial charge in [-0.3, -0.25) is 4.68 Å². The minimum atomic E-state index is 0.371. The van der Waals surface area contributed by atoms with Gasteiger partial charge >= 0.3 is 0 Å². The number of nitrogens with one attached hydrogen (secondary N) is 1. The summed E-state index contributed by atoms with van der Waals surface area (Å²) in [5, 5.41) is 8.10. The molecule has 1 saturated heterocycles. The standard InChI is InChI=1S/C15H28N4/c1-11(14-7-6-8-18(4)10-14)17-12(2)15-9-16-19(5)13(15)3/h9,11-12,14,17H,6-8,10H2,1-5H3. The van der Waals surface area contributed by atoms with E-state index in [0.717, 1.165) is 5.92 Å². The van der Waals surface area contributed by atoms with Crippen LogP contribution in [0.3, 0.4) is 0 Å². The molecule has 0 aromatic carbocycles. The molecule has 1 fully saturated rings. The molecule has 3 unspecified atom stereocenters. The van der Waals surface area contributed by atoms with Crippen molar-refractivity contribution in [3.8, 4) is 0 Å². The molecular weight excluding hydrogens is 236 g/mol. The number of rotatable bonds is 4. The molecule has 1 aromatic heterocycles. The Labute approximate surface area is 117 Å². The van der Waals surface area contributed by atoms with E-state index in [0.29, 0.717) is 12.1 Å². The van der Waals surface area contributed by atoms with Crippen molar-refractivity contribution < 1.29 is 0 Å². The first-order valence-corrected chi connectivity index (χ1v) is 7.42. The summed E-state index contributed by atoms with van der Waals surface area (Å²) in [4.78, 5) is 2.45. The van der Waals surface area contributed by atoms with E-state index >= 15 is 0 Å². The first kappa shape index (κ1) is 14.5. The quantitative estimate of drug-likeness (QED) is 0.904. The number of likely N-dealkylation sites (tertiary alicyclic amines) is 1. The largest absolute Gasteiger partial charge is 0.307 e. The fourth-order valence-corrected chi connectivity index (χ4v) is 3.18. The minimum absolute atomic E-state index is 0.371. The summed E-state index contributed by atoms with van der Waals surface area (Å²) >= 11 is 0. The van der Waals surface area contributed by atoms with Gasteiger partial charge in [-0.05, 0) is 53.1 Å². The molecule has 1 N–H and O–H groups in total. The molecule has 1 aliphatic heterocycles. The highest BCUT2D eigenvalue weighted by atomic mass is 15.3. The second kappa shape index (κ2) is 6.06. The summed E-state index contributed by atoms with van der Waals surface area (Å²) in [6.07, 6.45) is 4.66. The lowest BCUT2D eigenvalue weighted by molar-refractivity contribution is 0.174. The molecule has 4 heteroatoms. The third-order valence-corrected chi connectivity index (χ3v) is 4.62. The Bertz CT molecular complexity index is 412. The lowest BCUT2D eigenvalue weighted by Crippen LogP contribution is -2.43. The van der Waals surface area contributed by atoms with Crippen LogP contribution in [-0.2, 0) is 7.05 Å². The first-order chi connectivity index (χ1) is 8.99. The molecule has 0 aliphatic carbocycles. The Morgan fingerprint density at radius 2 is 2.11 bits per heavy atom. The van der Waals surface area contributed by atoms with Crippen LogP contribution in [-0.4, -0.2) is 40.9 Å². The van der Waals surface area contributed by atoms with E-state index in [2.05, 4.69) is 43.1 Å². The van der Waals surface area contributed by atoms with Gasteiger partial charge in [-0.25, -0.2) is 0 Å². The third-order valence-electron chi connectivity index (χ3n) is 4.62. The number of hydrogen-bond donors (Lipinski definition) is 1. The second-order valence-electron chi connectivity index (χ2n) is 6.15. The number of aryl methyl sites for hydroxylation is 1. The van der Waals surface area contributed by atoms with Gasteiger partial charge < -0.3 is 10.2 Å². The Kier molecular flexibility index (Phi) is 4.63. The van der Waals surface area contributed by atoms with Crippen molar-refractivity contribution in [1.29, 1.82) is 0 Å². The van der Waals surface area contributed by atoms with E-state index in [1.807, 2.05) is 17.9 Å². The van der Waals surface area contributed by atoms with Crippen LogP contribution in [0.1, 0.15) is 44.0 Å². The van der Waals surface area contributed by atoms with Gasteiger partial charge in [-0.2, -0.15) is 5.10 Å². The molecular formula is C15H28N4. The predicted octanol–water partition coefficient (Wildman–Crippen LogP) is 2.11. The van der Waals surface area contributed by atoms with Gasteiger partial charge in [0.15, 0.2) is 0 Å². The molecule has 0 amide bonds. The van der Waals surface area contributed by atoms with Gasteiger partial charge in [0.25, 0.3) is 0 Å². The summed E-state index contributed by atoms with van der Waals surface area (Å²) in [6.45, 7) is 9.17. The second-order valence-corrected chi connectivity index (χ2v) is 6.15. The lowest BCUT2D eigenvalue weighted by Gasteiger charge is -2.35. The van der Waals surface area contributed by atoms with Crippen LogP contribution >= 0.6 is 0 Å². The van der Waals surface area contributed by atoms with Crippen molar-refractivity contribution in [2.75, 3.05) is 20.1 Å². The van der Waals surface area contributed by atoms with Gasteiger partial charge in [0, 0.05) is 36.9 Å². The van der Waals surface area contributed by atoms with Crippen LogP contribution in [0.15, 0.2) is 6.20 Å². The van der Waals surface area contributed by atoms with Crippen LogP contribution in [0.5, 0.6) is 0 Å². The van der Waals surface area contributed by atoms with Crippen molar-refractivity contribution in [3.63, 3.8) is 0 Å². The topological polar surface area (TPSA) is 33.1 Å². The van der Waals surface area contributed by atoms with E-state index < -0.39 is 0 Å². The van der Waals surface area contributed by atoms with Crippen molar-refractivity contribution in [2.45, 2.75) is 45.7 Å². The van der Waals surface area contributed by atoms with Gasteiger partial charge in [-0.1, -0.05) is 0 Å². The Morgan fingerprint density at radius 1 is 1.37 bits per heavy atom. The number of piperidine rings is 1. The van der Waals surface area contributed by atoms with Crippen LogP contribution in [0.25, 0.3) is 0 Å². The average molecular weight is 264 g/mol. The van der Waals surface area contributed by atoms with Gasteiger partial charge in [0.2, 0.25) is 0 Å². The Morgan fingerprint density at radius 3 is 2.68 bits per heavy atom. The molecule has 1 aromatic rings. The fraction of sp³-hybridized carbons (Fsp3) is 0.800. The minimum Gasteiger partial charge on any atom is -0.307 e. The summed E-state index contributed by atoms with van der Waals surface area (Å²) in [5.41, 5.74) is 2.58. The normalized spacial score (nSPS) is 24.4. The molecule has 108 valence electrons. The average Bonchev–Trinajstić information content (AvgIpc) is 2.70. The molecule has 2 rings (SSSR count). The summed E-state index contributed by atoms with van der Waals surface area (Å²) in [7, 11) is 4.23. The highest BCUT2D eigenvalue weighted by molar-refractivity contribution is 5.19. The van der Waals surface area contributed by atoms with Gasteiger partial charge in [-0.15, -0.1) is 0 Å². The van der Waals surface area contributed by atoms with Crippen molar-refractivity contribution in [1.82, 2.24) is 20.0 Å². The van der Waals surface area contributed by atoms with Crippen LogP contribution in [0, 0.1) is 12.8 Å². The third kappa shape index (κ3) is 3.37. The smallest absolute Gasteiger partial charge is 0.0540 e. The number of nitrogens with zero attached hydrogens (tertiary/aromatic N) is 3. The van der Waals surface area contributed by atoms with Gasteiger partial charge in [0.1, 0.15) is 0 Å². The fourth-order valence-electron chi connectivity index (χ4n) is 3.18. The van der Waals surface area contributed by atoms with Gasteiger partial charge in [0.05, 0.1) is 6.20 Å². The molecule has 3 atom stereocenters. The highest BCUT2D eigenvalue weighted by Gasteiger charge is 2.24. The van der Waals surface area contributed by atoms with E-state index in [4.69, 9.17) is 0 Å². The maximum Gasteiger partial charge on any atom is 0.0540 e. The maximum atomic E-state index is 4.34. The molecule has 0 saturated carbocycles. The van der Waals surface area contributed by atoms with Crippen LogP contribution < -0.4 is 5.32 Å². The Hall–Kier alpha value is -0.870. The monoisotopic (exact) mass is 264 g/mol. The van der Waals surface area contributed by atoms with Crippen LogP contribution in [0.4, 0.5) is 0 Å². The SMILES string of the molecule is Cc1c(C(C)NC(C)C2CCCN(C)C2)cnn1C. The molecule has 0 radical (unpaired) electrons. The van der Waals surface area contributed by atoms with Crippen LogP contribution in [0.2, 0.25) is 0 Å². The molecule has 1 aliphatic rings. The molecule has 19 heavy (non-hydrogen) atoms. The van der Waals surface area contributed by atoms with E-state index in [1.165, 1.54) is 37.2 Å². The zero-order valence-electron chi connectivity index (χ0n) is 13.0. The Balaban J connectivity index is 1.94. The molecule has 4 nitrogen and oxygen atoms in total. The van der Waals surface area contributed by atoms with Crippen molar-refractivity contribution in [3.05, 3.63) is 17.5 Å². The maximum absolute atomic E-state index is 4.34. The summed E-state index contributed by atoms with van der Waals surface area (Å²) < 4.78 is 1.95.